The first-order valence-electron chi connectivity index (χ1n) is 5.39. The fourth-order valence-electron chi connectivity index (χ4n) is 1.87. The van der Waals surface area contributed by atoms with Crippen LogP contribution in [0.25, 0.3) is 0 Å². The van der Waals surface area contributed by atoms with Gasteiger partial charge in [-0.3, -0.25) is 0 Å². The zero-order chi connectivity index (χ0) is 10.6. The Labute approximate surface area is 92.3 Å². The van der Waals surface area contributed by atoms with Crippen molar-refractivity contribution < 1.29 is 0 Å². The van der Waals surface area contributed by atoms with Crippen molar-refractivity contribution in [3.05, 3.63) is 34.3 Å². The van der Waals surface area contributed by atoms with E-state index in [0.717, 1.165) is 17.4 Å². The molecule has 0 aliphatic rings. The minimum absolute atomic E-state index is 0.735. The van der Waals surface area contributed by atoms with E-state index >= 15 is 0 Å². The Morgan fingerprint density at radius 2 is 2.07 bits per heavy atom. The Morgan fingerprint density at radius 1 is 1.36 bits per heavy atom. The molecule has 0 spiro atoms. The molecule has 0 aliphatic heterocycles. The van der Waals surface area contributed by atoms with E-state index in [0.29, 0.717) is 0 Å². The molecular formula is C13H19Cl. The summed E-state index contributed by atoms with van der Waals surface area (Å²) in [6.07, 6.45) is 3.65. The molecule has 14 heavy (non-hydrogen) atoms. The number of hydrogen-bond donors (Lipinski definition) is 0. The lowest BCUT2D eigenvalue weighted by Crippen LogP contribution is -2.01. The van der Waals surface area contributed by atoms with Crippen LogP contribution in [0.4, 0.5) is 0 Å². The number of halogens is 1. The Kier molecular flexibility index (Phi) is 4.47. The highest BCUT2D eigenvalue weighted by Crippen LogP contribution is 2.24. The van der Waals surface area contributed by atoms with Crippen LogP contribution in [0, 0.1) is 12.8 Å². The van der Waals surface area contributed by atoms with Crippen molar-refractivity contribution in [2.75, 3.05) is 0 Å². The summed E-state index contributed by atoms with van der Waals surface area (Å²) < 4.78 is 0. The Hall–Kier alpha value is -0.490. The maximum atomic E-state index is 6.17. The molecule has 1 rings (SSSR count). The Balaban J connectivity index is 2.75. The van der Waals surface area contributed by atoms with Crippen LogP contribution in [-0.2, 0) is 6.42 Å². The van der Waals surface area contributed by atoms with Crippen molar-refractivity contribution in [3.63, 3.8) is 0 Å². The second-order valence-electron chi connectivity index (χ2n) is 4.13. The van der Waals surface area contributed by atoms with E-state index in [1.807, 2.05) is 12.1 Å². The van der Waals surface area contributed by atoms with Crippen LogP contribution in [0.1, 0.15) is 37.8 Å². The molecule has 0 aliphatic carbocycles. The Bertz CT molecular complexity index is 271. The van der Waals surface area contributed by atoms with Gasteiger partial charge < -0.3 is 0 Å². The zero-order valence-corrected chi connectivity index (χ0v) is 10.1. The summed E-state index contributed by atoms with van der Waals surface area (Å²) in [4.78, 5) is 0. The third kappa shape index (κ3) is 3.02. The monoisotopic (exact) mass is 210 g/mol. The van der Waals surface area contributed by atoms with Crippen molar-refractivity contribution in [1.29, 1.82) is 0 Å². The van der Waals surface area contributed by atoms with Gasteiger partial charge in [-0.15, -0.1) is 0 Å². The lowest BCUT2D eigenvalue weighted by molar-refractivity contribution is 0.521. The average Bonchev–Trinajstić information content (AvgIpc) is 2.12. The molecule has 0 fully saturated rings. The number of rotatable bonds is 4. The zero-order valence-electron chi connectivity index (χ0n) is 9.31. The second-order valence-corrected chi connectivity index (χ2v) is 4.54. The van der Waals surface area contributed by atoms with Crippen molar-refractivity contribution >= 4 is 11.6 Å². The molecule has 1 atom stereocenters. The SMILES string of the molecule is CCCC(C)Cc1c(C)cccc1Cl. The van der Waals surface area contributed by atoms with Crippen molar-refractivity contribution in [1.82, 2.24) is 0 Å². The van der Waals surface area contributed by atoms with E-state index in [1.165, 1.54) is 24.0 Å². The predicted molar refractivity (Wildman–Crippen MR) is 64.0 cm³/mol. The molecule has 78 valence electrons. The van der Waals surface area contributed by atoms with Gasteiger partial charge in [0, 0.05) is 5.02 Å². The van der Waals surface area contributed by atoms with Crippen LogP contribution in [-0.4, -0.2) is 0 Å². The van der Waals surface area contributed by atoms with Gasteiger partial charge in [-0.25, -0.2) is 0 Å². The first kappa shape index (κ1) is 11.6. The van der Waals surface area contributed by atoms with Crippen LogP contribution < -0.4 is 0 Å². The molecule has 0 aromatic heterocycles. The van der Waals surface area contributed by atoms with E-state index in [9.17, 15) is 0 Å². The van der Waals surface area contributed by atoms with Gasteiger partial charge in [0.15, 0.2) is 0 Å². The van der Waals surface area contributed by atoms with Gasteiger partial charge in [0.25, 0.3) is 0 Å². The fraction of sp³-hybridized carbons (Fsp3) is 0.538. The molecule has 0 bridgehead atoms. The highest BCUT2D eigenvalue weighted by atomic mass is 35.5. The van der Waals surface area contributed by atoms with Crippen molar-refractivity contribution in [2.45, 2.75) is 40.0 Å². The van der Waals surface area contributed by atoms with Gasteiger partial charge in [0.05, 0.1) is 0 Å². The van der Waals surface area contributed by atoms with Gasteiger partial charge >= 0.3 is 0 Å². The molecule has 0 saturated carbocycles. The summed E-state index contributed by atoms with van der Waals surface area (Å²) in [7, 11) is 0. The number of hydrogen-bond acceptors (Lipinski definition) is 0. The smallest absolute Gasteiger partial charge is 0.0440 e. The molecular weight excluding hydrogens is 192 g/mol. The molecule has 1 aromatic rings. The van der Waals surface area contributed by atoms with Gasteiger partial charge in [0.2, 0.25) is 0 Å². The highest BCUT2D eigenvalue weighted by molar-refractivity contribution is 6.31. The van der Waals surface area contributed by atoms with Crippen LogP contribution in [0.3, 0.4) is 0 Å². The first-order chi connectivity index (χ1) is 6.65. The lowest BCUT2D eigenvalue weighted by atomic mass is 9.94. The average molecular weight is 211 g/mol. The fourth-order valence-corrected chi connectivity index (χ4v) is 2.17. The standard InChI is InChI=1S/C13H19Cl/c1-4-6-10(2)9-12-11(3)7-5-8-13(12)14/h5,7-8,10H,4,6,9H2,1-3H3. The molecule has 0 radical (unpaired) electrons. The minimum atomic E-state index is 0.735. The van der Waals surface area contributed by atoms with Crippen molar-refractivity contribution in [2.24, 2.45) is 5.92 Å². The molecule has 1 heteroatoms. The van der Waals surface area contributed by atoms with E-state index in [4.69, 9.17) is 11.6 Å². The van der Waals surface area contributed by atoms with Crippen LogP contribution in [0.15, 0.2) is 18.2 Å². The number of aryl methyl sites for hydroxylation is 1. The molecule has 0 heterocycles. The van der Waals surface area contributed by atoms with Crippen LogP contribution in [0.2, 0.25) is 5.02 Å². The third-order valence-corrected chi connectivity index (χ3v) is 3.04. The first-order valence-corrected chi connectivity index (χ1v) is 5.77. The molecule has 0 nitrogen and oxygen atoms in total. The molecule has 1 aromatic carbocycles. The van der Waals surface area contributed by atoms with Gasteiger partial charge in [0.1, 0.15) is 0 Å². The topological polar surface area (TPSA) is 0 Å². The minimum Gasteiger partial charge on any atom is -0.0840 e. The summed E-state index contributed by atoms with van der Waals surface area (Å²) in [6, 6.07) is 6.15. The van der Waals surface area contributed by atoms with Crippen LogP contribution in [0.5, 0.6) is 0 Å². The summed E-state index contributed by atoms with van der Waals surface area (Å²) in [5.74, 6) is 0.735. The highest BCUT2D eigenvalue weighted by Gasteiger charge is 2.08. The summed E-state index contributed by atoms with van der Waals surface area (Å²) >= 11 is 6.17. The normalized spacial score (nSPS) is 12.9. The Morgan fingerprint density at radius 3 is 2.64 bits per heavy atom. The van der Waals surface area contributed by atoms with E-state index < -0.39 is 0 Å². The lowest BCUT2D eigenvalue weighted by Gasteiger charge is -2.13. The van der Waals surface area contributed by atoms with E-state index in [-0.39, 0.29) is 0 Å². The summed E-state index contributed by atoms with van der Waals surface area (Å²) in [5, 5.41) is 0.924. The third-order valence-electron chi connectivity index (χ3n) is 2.69. The summed E-state index contributed by atoms with van der Waals surface area (Å²) in [5.41, 5.74) is 2.65. The number of benzene rings is 1. The van der Waals surface area contributed by atoms with Crippen molar-refractivity contribution in [3.8, 4) is 0 Å². The van der Waals surface area contributed by atoms with Gasteiger partial charge in [-0.05, 0) is 36.5 Å². The molecule has 0 amide bonds. The largest absolute Gasteiger partial charge is 0.0840 e. The quantitative estimate of drug-likeness (QED) is 0.680. The van der Waals surface area contributed by atoms with E-state index in [2.05, 4.69) is 26.8 Å². The molecule has 0 saturated heterocycles. The molecule has 0 N–H and O–H groups in total. The van der Waals surface area contributed by atoms with Gasteiger partial charge in [-0.1, -0.05) is 50.4 Å². The maximum Gasteiger partial charge on any atom is 0.0440 e. The second kappa shape index (κ2) is 5.41. The summed E-state index contributed by atoms with van der Waals surface area (Å²) in [6.45, 7) is 6.67. The maximum absolute atomic E-state index is 6.17. The van der Waals surface area contributed by atoms with E-state index in [1.54, 1.807) is 0 Å². The van der Waals surface area contributed by atoms with Gasteiger partial charge in [-0.2, -0.15) is 0 Å². The van der Waals surface area contributed by atoms with Crippen LogP contribution >= 0.6 is 11.6 Å². The molecule has 1 unspecified atom stereocenters. The predicted octanol–water partition coefficient (Wildman–Crippen LogP) is 4.63.